The molecule has 0 aromatic heterocycles. The molecule has 0 radical (unpaired) electrons. The standard InChI is InChI=1S/C24H18F3NO3S/c25-24(26,27)31-22-12-14-23(15-13-22)32(29,30)28(21-8-2-1-3-9-21)17-18-10-11-19-6-4-5-7-20(19)16-18/h1-16H,17H2. The third kappa shape index (κ3) is 4.86. The Balaban J connectivity index is 1.71. The lowest BCUT2D eigenvalue weighted by Gasteiger charge is -2.25. The maximum Gasteiger partial charge on any atom is 0.573 e. The zero-order chi connectivity index (χ0) is 22.8. The van der Waals surface area contributed by atoms with Crippen LogP contribution in [0.5, 0.6) is 5.75 Å². The molecule has 0 aliphatic rings. The van der Waals surface area contributed by atoms with Crippen molar-refractivity contribution in [2.24, 2.45) is 0 Å². The van der Waals surface area contributed by atoms with Gasteiger partial charge in [0.1, 0.15) is 5.75 Å². The summed E-state index contributed by atoms with van der Waals surface area (Å²) in [6, 6.07) is 26.2. The van der Waals surface area contributed by atoms with Crippen LogP contribution in [0.25, 0.3) is 10.8 Å². The van der Waals surface area contributed by atoms with Crippen LogP contribution in [0.4, 0.5) is 18.9 Å². The first-order valence-electron chi connectivity index (χ1n) is 9.64. The topological polar surface area (TPSA) is 46.6 Å². The molecule has 0 amide bonds. The molecule has 4 aromatic rings. The molecule has 4 nitrogen and oxygen atoms in total. The highest BCUT2D eigenvalue weighted by Crippen LogP contribution is 2.29. The fraction of sp³-hybridized carbons (Fsp3) is 0.0833. The van der Waals surface area contributed by atoms with Crippen LogP contribution in [-0.2, 0) is 16.6 Å². The van der Waals surface area contributed by atoms with E-state index >= 15 is 0 Å². The van der Waals surface area contributed by atoms with Gasteiger partial charge in [-0.1, -0.05) is 54.6 Å². The molecular formula is C24H18F3NO3S. The molecule has 4 rings (SSSR count). The zero-order valence-corrected chi connectivity index (χ0v) is 17.5. The van der Waals surface area contributed by atoms with Crippen molar-refractivity contribution < 1.29 is 26.3 Å². The molecule has 0 spiro atoms. The number of anilines is 1. The number of hydrogen-bond donors (Lipinski definition) is 0. The molecule has 0 fully saturated rings. The van der Waals surface area contributed by atoms with E-state index in [-0.39, 0.29) is 11.4 Å². The maximum atomic E-state index is 13.5. The Bertz CT molecular complexity index is 1320. The van der Waals surface area contributed by atoms with Gasteiger partial charge in [-0.05, 0) is 58.8 Å². The first-order valence-corrected chi connectivity index (χ1v) is 11.1. The maximum absolute atomic E-state index is 13.5. The van der Waals surface area contributed by atoms with Crippen molar-refractivity contribution >= 4 is 26.5 Å². The number of nitrogens with zero attached hydrogens (tertiary/aromatic N) is 1. The van der Waals surface area contributed by atoms with Crippen LogP contribution in [0.15, 0.2) is 102 Å². The highest BCUT2D eigenvalue weighted by molar-refractivity contribution is 7.92. The summed E-state index contributed by atoms with van der Waals surface area (Å²) in [6.45, 7) is 0.0536. The predicted octanol–water partition coefficient (Wildman–Crippen LogP) is 6.13. The lowest BCUT2D eigenvalue weighted by molar-refractivity contribution is -0.274. The van der Waals surface area contributed by atoms with Crippen LogP contribution in [0.1, 0.15) is 5.56 Å². The van der Waals surface area contributed by atoms with Gasteiger partial charge in [-0.25, -0.2) is 8.42 Å². The van der Waals surface area contributed by atoms with E-state index in [9.17, 15) is 21.6 Å². The van der Waals surface area contributed by atoms with E-state index < -0.39 is 22.1 Å². The number of benzene rings is 4. The molecular weight excluding hydrogens is 439 g/mol. The molecule has 0 atom stereocenters. The summed E-state index contributed by atoms with van der Waals surface area (Å²) in [5, 5.41) is 2.01. The Kier molecular flexibility index (Phi) is 5.80. The molecule has 8 heteroatoms. The minimum Gasteiger partial charge on any atom is -0.406 e. The van der Waals surface area contributed by atoms with E-state index in [1.807, 2.05) is 42.5 Å². The number of hydrogen-bond acceptors (Lipinski definition) is 3. The lowest BCUT2D eigenvalue weighted by atomic mass is 10.1. The second kappa shape index (κ2) is 8.55. The van der Waals surface area contributed by atoms with Crippen LogP contribution in [0, 0.1) is 0 Å². The number of alkyl halides is 3. The van der Waals surface area contributed by atoms with E-state index in [0.29, 0.717) is 5.69 Å². The molecule has 164 valence electrons. The Hall–Kier alpha value is -3.52. The van der Waals surface area contributed by atoms with Crippen molar-refractivity contribution in [2.75, 3.05) is 4.31 Å². The average Bonchev–Trinajstić information content (AvgIpc) is 2.77. The van der Waals surface area contributed by atoms with E-state index in [1.54, 1.807) is 30.3 Å². The van der Waals surface area contributed by atoms with E-state index in [4.69, 9.17) is 0 Å². The SMILES string of the molecule is O=S(=O)(c1ccc(OC(F)(F)F)cc1)N(Cc1ccc2ccccc2c1)c1ccccc1. The molecule has 0 saturated carbocycles. The normalized spacial score (nSPS) is 12.0. The summed E-state index contributed by atoms with van der Waals surface area (Å²) in [4.78, 5) is -0.142. The van der Waals surface area contributed by atoms with Crippen molar-refractivity contribution in [3.8, 4) is 5.75 Å². The monoisotopic (exact) mass is 457 g/mol. The quantitative estimate of drug-likeness (QED) is 0.350. The summed E-state index contributed by atoms with van der Waals surface area (Å²) >= 11 is 0. The second-order valence-corrected chi connectivity index (χ2v) is 8.91. The predicted molar refractivity (Wildman–Crippen MR) is 117 cm³/mol. The minimum atomic E-state index is -4.85. The van der Waals surface area contributed by atoms with Gasteiger partial charge < -0.3 is 4.74 Å². The largest absolute Gasteiger partial charge is 0.573 e. The number of sulfonamides is 1. The van der Waals surface area contributed by atoms with E-state index in [1.165, 1.54) is 4.31 Å². The van der Waals surface area contributed by atoms with Crippen molar-refractivity contribution in [3.05, 3.63) is 103 Å². The van der Waals surface area contributed by atoms with Crippen molar-refractivity contribution in [1.29, 1.82) is 0 Å². The van der Waals surface area contributed by atoms with E-state index in [0.717, 1.165) is 40.6 Å². The first kappa shape index (κ1) is 21.7. The molecule has 0 unspecified atom stereocenters. The van der Waals surface area contributed by atoms with Gasteiger partial charge in [-0.2, -0.15) is 0 Å². The van der Waals surface area contributed by atoms with Crippen LogP contribution in [0.2, 0.25) is 0 Å². The molecule has 0 aliphatic carbocycles. The number of halogens is 3. The summed E-state index contributed by atoms with van der Waals surface area (Å²) in [6.07, 6.45) is -4.85. The van der Waals surface area contributed by atoms with Crippen LogP contribution in [-0.4, -0.2) is 14.8 Å². The van der Waals surface area contributed by atoms with Crippen LogP contribution in [0.3, 0.4) is 0 Å². The van der Waals surface area contributed by atoms with Gasteiger partial charge in [-0.3, -0.25) is 4.31 Å². The van der Waals surface area contributed by atoms with Gasteiger partial charge in [-0.15, -0.1) is 13.2 Å². The lowest BCUT2D eigenvalue weighted by Crippen LogP contribution is -2.30. The number of rotatable bonds is 6. The Morgan fingerprint density at radius 2 is 1.38 bits per heavy atom. The molecule has 32 heavy (non-hydrogen) atoms. The number of fused-ring (bicyclic) bond motifs is 1. The third-order valence-electron chi connectivity index (χ3n) is 4.83. The van der Waals surface area contributed by atoms with Gasteiger partial charge in [0.05, 0.1) is 17.1 Å². The van der Waals surface area contributed by atoms with Gasteiger partial charge >= 0.3 is 6.36 Å². The van der Waals surface area contributed by atoms with E-state index in [2.05, 4.69) is 4.74 Å². The van der Waals surface area contributed by atoms with Crippen molar-refractivity contribution in [3.63, 3.8) is 0 Å². The molecule has 0 saturated heterocycles. The van der Waals surface area contributed by atoms with Crippen molar-refractivity contribution in [1.82, 2.24) is 0 Å². The molecule has 4 aromatic carbocycles. The van der Waals surface area contributed by atoms with Gasteiger partial charge in [0.25, 0.3) is 10.0 Å². The zero-order valence-electron chi connectivity index (χ0n) is 16.7. The van der Waals surface area contributed by atoms with Crippen LogP contribution < -0.4 is 9.04 Å². The summed E-state index contributed by atoms with van der Waals surface area (Å²) in [5.41, 5.74) is 1.21. The van der Waals surface area contributed by atoms with Crippen molar-refractivity contribution in [2.45, 2.75) is 17.8 Å². The van der Waals surface area contributed by atoms with Gasteiger partial charge in [0, 0.05) is 0 Å². The highest BCUT2D eigenvalue weighted by atomic mass is 32.2. The number of para-hydroxylation sites is 1. The first-order chi connectivity index (χ1) is 15.2. The highest BCUT2D eigenvalue weighted by Gasteiger charge is 2.31. The smallest absolute Gasteiger partial charge is 0.406 e. The fourth-order valence-electron chi connectivity index (χ4n) is 3.35. The molecule has 0 bridgehead atoms. The molecule has 0 N–H and O–H groups in total. The third-order valence-corrected chi connectivity index (χ3v) is 6.62. The number of ether oxygens (including phenoxy) is 1. The van der Waals surface area contributed by atoms with Gasteiger partial charge in [0.2, 0.25) is 0 Å². The Morgan fingerprint density at radius 3 is 2.03 bits per heavy atom. The molecule has 0 heterocycles. The average molecular weight is 457 g/mol. The Morgan fingerprint density at radius 1 is 0.750 bits per heavy atom. The summed E-state index contributed by atoms with van der Waals surface area (Å²) in [5.74, 6) is -0.489. The van der Waals surface area contributed by atoms with Crippen LogP contribution >= 0.6 is 0 Å². The summed E-state index contributed by atoms with van der Waals surface area (Å²) < 4.78 is 69.3. The second-order valence-electron chi connectivity index (χ2n) is 7.05. The minimum absolute atomic E-state index is 0.0536. The fourth-order valence-corrected chi connectivity index (χ4v) is 4.81. The van der Waals surface area contributed by atoms with Gasteiger partial charge in [0.15, 0.2) is 0 Å². The summed E-state index contributed by atoms with van der Waals surface area (Å²) in [7, 11) is -4.07. The Labute approximate surface area is 183 Å². The molecule has 0 aliphatic heterocycles.